The van der Waals surface area contributed by atoms with E-state index in [0.717, 1.165) is 19.3 Å². The van der Waals surface area contributed by atoms with Crippen LogP contribution in [0, 0.1) is 5.92 Å². The van der Waals surface area contributed by atoms with E-state index >= 15 is 0 Å². The highest BCUT2D eigenvalue weighted by molar-refractivity contribution is 5.77. The van der Waals surface area contributed by atoms with Crippen LogP contribution in [0.25, 0.3) is 0 Å². The lowest BCUT2D eigenvalue weighted by Crippen LogP contribution is -2.51. The quantitative estimate of drug-likeness (QED) is 0.735. The van der Waals surface area contributed by atoms with E-state index in [1.807, 2.05) is 0 Å². The van der Waals surface area contributed by atoms with Gasteiger partial charge in [0.25, 0.3) is 0 Å². The van der Waals surface area contributed by atoms with E-state index in [0.29, 0.717) is 12.3 Å². The third kappa shape index (κ3) is 1.87. The number of anilines is 1. The molecule has 1 aliphatic heterocycles. The second kappa shape index (κ2) is 4.12. The second-order valence-corrected chi connectivity index (χ2v) is 5.17. The van der Waals surface area contributed by atoms with Crippen LogP contribution in [0.2, 0.25) is 0 Å². The highest BCUT2D eigenvalue weighted by Gasteiger charge is 2.37. The number of hydrogen-bond donors (Lipinski definition) is 2. The van der Waals surface area contributed by atoms with Crippen molar-refractivity contribution in [2.75, 3.05) is 5.73 Å². The maximum Gasteiger partial charge on any atom is 0.349 e. The van der Waals surface area contributed by atoms with Crippen molar-refractivity contribution in [3.63, 3.8) is 0 Å². The van der Waals surface area contributed by atoms with Gasteiger partial charge in [-0.2, -0.15) is 4.98 Å². The number of fused-ring (bicyclic) bond motifs is 2. The van der Waals surface area contributed by atoms with E-state index in [1.54, 1.807) is 16.8 Å². The molecule has 6 heteroatoms. The van der Waals surface area contributed by atoms with Crippen molar-refractivity contribution in [1.82, 2.24) is 14.9 Å². The summed E-state index contributed by atoms with van der Waals surface area (Å²) in [4.78, 5) is 27.1. The van der Waals surface area contributed by atoms with E-state index in [4.69, 9.17) is 5.73 Å². The number of hydrogen-bond acceptors (Lipinski definition) is 4. The number of carbonyl (C=O) groups excluding carboxylic acids is 1. The monoisotopic (exact) mass is 248 g/mol. The average molecular weight is 248 g/mol. The first-order valence-corrected chi connectivity index (χ1v) is 6.27. The summed E-state index contributed by atoms with van der Waals surface area (Å²) in [5.41, 5.74) is 5.15. The van der Waals surface area contributed by atoms with E-state index in [-0.39, 0.29) is 29.5 Å². The van der Waals surface area contributed by atoms with Gasteiger partial charge in [-0.1, -0.05) is 0 Å². The Morgan fingerprint density at radius 2 is 2.22 bits per heavy atom. The fourth-order valence-electron chi connectivity index (χ4n) is 3.12. The molecule has 1 amide bonds. The molecule has 3 N–H and O–H groups in total. The van der Waals surface area contributed by atoms with Gasteiger partial charge in [0.15, 0.2) is 0 Å². The number of aromatic nitrogens is 2. The van der Waals surface area contributed by atoms with Crippen molar-refractivity contribution in [3.05, 3.63) is 22.7 Å². The lowest BCUT2D eigenvalue weighted by molar-refractivity contribution is -0.126. The Hall–Kier alpha value is -1.85. The normalized spacial score (nSPS) is 30.9. The van der Waals surface area contributed by atoms with E-state index in [2.05, 4.69) is 10.3 Å². The molecular weight excluding hydrogens is 232 g/mol. The molecule has 1 aromatic heterocycles. The molecule has 1 aromatic rings. The first kappa shape index (κ1) is 11.3. The molecule has 1 saturated heterocycles. The standard InChI is InChI=1S/C12H16N4O2/c13-10-3-4-16(12(18)15-10)9-2-1-7-5-8(9)14-11(17)6-7/h3-4,7-9H,1-2,5-6H2,(H,14,17)(H2,13,15,18). The molecule has 2 aliphatic rings. The van der Waals surface area contributed by atoms with Crippen LogP contribution in [0.3, 0.4) is 0 Å². The third-order valence-electron chi connectivity index (χ3n) is 3.95. The largest absolute Gasteiger partial charge is 0.383 e. The number of nitrogens with two attached hydrogens (primary N) is 1. The van der Waals surface area contributed by atoms with Gasteiger partial charge in [-0.3, -0.25) is 9.36 Å². The van der Waals surface area contributed by atoms with Gasteiger partial charge in [-0.25, -0.2) is 4.79 Å². The second-order valence-electron chi connectivity index (χ2n) is 5.17. The molecule has 2 fully saturated rings. The zero-order valence-electron chi connectivity index (χ0n) is 10.0. The maximum atomic E-state index is 11.8. The fourth-order valence-corrected chi connectivity index (χ4v) is 3.12. The minimum Gasteiger partial charge on any atom is -0.383 e. The lowest BCUT2D eigenvalue weighted by Gasteiger charge is -2.40. The molecule has 3 unspecified atom stereocenters. The van der Waals surface area contributed by atoms with Crippen LogP contribution >= 0.6 is 0 Å². The summed E-state index contributed by atoms with van der Waals surface area (Å²) in [5, 5.41) is 2.98. The number of rotatable bonds is 1. The minimum absolute atomic E-state index is 0.00565. The Balaban J connectivity index is 1.92. The number of nitrogens with zero attached hydrogens (tertiary/aromatic N) is 2. The van der Waals surface area contributed by atoms with Gasteiger partial charge in [0, 0.05) is 18.7 Å². The lowest BCUT2D eigenvalue weighted by atomic mass is 9.77. The van der Waals surface area contributed by atoms with Crippen LogP contribution in [0.4, 0.5) is 5.82 Å². The molecule has 2 heterocycles. The molecule has 6 nitrogen and oxygen atoms in total. The van der Waals surface area contributed by atoms with Gasteiger partial charge in [0.1, 0.15) is 5.82 Å². The zero-order valence-corrected chi connectivity index (χ0v) is 10.0. The van der Waals surface area contributed by atoms with Crippen LogP contribution in [0.5, 0.6) is 0 Å². The number of amides is 1. The van der Waals surface area contributed by atoms with Crippen LogP contribution in [0.1, 0.15) is 31.7 Å². The molecule has 96 valence electrons. The molecule has 0 spiro atoms. The molecule has 18 heavy (non-hydrogen) atoms. The summed E-state index contributed by atoms with van der Waals surface area (Å²) < 4.78 is 1.60. The Kier molecular flexibility index (Phi) is 2.57. The van der Waals surface area contributed by atoms with E-state index < -0.39 is 0 Å². The van der Waals surface area contributed by atoms with Crippen molar-refractivity contribution < 1.29 is 4.79 Å². The van der Waals surface area contributed by atoms with Gasteiger partial charge < -0.3 is 11.1 Å². The van der Waals surface area contributed by atoms with Gasteiger partial charge in [0.2, 0.25) is 5.91 Å². The van der Waals surface area contributed by atoms with E-state index in [9.17, 15) is 9.59 Å². The average Bonchev–Trinajstić information content (AvgIpc) is 2.30. The maximum absolute atomic E-state index is 11.8. The SMILES string of the molecule is Nc1ccn(C2CCC3CC(=O)NC2C3)c(=O)n1. The summed E-state index contributed by atoms with van der Waals surface area (Å²) >= 11 is 0. The van der Waals surface area contributed by atoms with Crippen molar-refractivity contribution in [2.24, 2.45) is 5.92 Å². The molecule has 0 radical (unpaired) electrons. The molecule has 1 saturated carbocycles. The number of carbonyl (C=O) groups is 1. The number of nitrogens with one attached hydrogen (secondary N) is 1. The van der Waals surface area contributed by atoms with Crippen LogP contribution in [-0.2, 0) is 4.79 Å². The van der Waals surface area contributed by atoms with Crippen molar-refractivity contribution in [2.45, 2.75) is 37.8 Å². The first-order valence-electron chi connectivity index (χ1n) is 6.27. The topological polar surface area (TPSA) is 90.0 Å². The summed E-state index contributed by atoms with van der Waals surface area (Å²) in [6.45, 7) is 0. The zero-order chi connectivity index (χ0) is 12.7. The summed E-state index contributed by atoms with van der Waals surface area (Å²) in [6, 6.07) is 1.68. The van der Waals surface area contributed by atoms with Crippen molar-refractivity contribution >= 4 is 11.7 Å². The summed E-state index contributed by atoms with van der Waals surface area (Å²) in [5.74, 6) is 0.799. The molecule has 3 atom stereocenters. The van der Waals surface area contributed by atoms with Gasteiger partial charge in [-0.15, -0.1) is 0 Å². The fraction of sp³-hybridized carbons (Fsp3) is 0.583. The summed E-state index contributed by atoms with van der Waals surface area (Å²) in [6.07, 6.45) is 5.15. The predicted molar refractivity (Wildman–Crippen MR) is 65.8 cm³/mol. The number of nitrogen functional groups attached to an aromatic ring is 1. The molecule has 3 rings (SSSR count). The Morgan fingerprint density at radius 3 is 3.00 bits per heavy atom. The smallest absolute Gasteiger partial charge is 0.349 e. The van der Waals surface area contributed by atoms with Crippen molar-refractivity contribution in [1.29, 1.82) is 0 Å². The summed E-state index contributed by atoms with van der Waals surface area (Å²) in [7, 11) is 0. The van der Waals surface area contributed by atoms with Gasteiger partial charge >= 0.3 is 5.69 Å². The Bertz CT molecular complexity index is 539. The molecular formula is C12H16N4O2. The number of piperidine rings is 1. The Labute approximate surface area is 104 Å². The molecule has 1 aliphatic carbocycles. The molecule has 2 bridgehead atoms. The predicted octanol–water partition coefficient (Wildman–Crippen LogP) is 0.0552. The van der Waals surface area contributed by atoms with Crippen LogP contribution in [-0.4, -0.2) is 21.5 Å². The Morgan fingerprint density at radius 1 is 1.39 bits per heavy atom. The van der Waals surface area contributed by atoms with Crippen LogP contribution in [0.15, 0.2) is 17.1 Å². The highest BCUT2D eigenvalue weighted by Crippen LogP contribution is 2.36. The van der Waals surface area contributed by atoms with Crippen LogP contribution < -0.4 is 16.7 Å². The highest BCUT2D eigenvalue weighted by atomic mass is 16.2. The van der Waals surface area contributed by atoms with Gasteiger partial charge in [0.05, 0.1) is 6.04 Å². The van der Waals surface area contributed by atoms with Crippen molar-refractivity contribution in [3.8, 4) is 0 Å². The van der Waals surface area contributed by atoms with Gasteiger partial charge in [-0.05, 0) is 31.2 Å². The van der Waals surface area contributed by atoms with E-state index in [1.165, 1.54) is 0 Å². The minimum atomic E-state index is -0.335. The third-order valence-corrected chi connectivity index (χ3v) is 3.95. The first-order chi connectivity index (χ1) is 8.63. The molecule has 0 aromatic carbocycles.